The zero-order chi connectivity index (χ0) is 15.1. The molecule has 0 amide bonds. The first kappa shape index (κ1) is 16.7. The highest BCUT2D eigenvalue weighted by atomic mass is 32.1. The molecular weight excluding hydrogens is 282 g/mol. The molecule has 2 rings (SSSR count). The molecule has 21 heavy (non-hydrogen) atoms. The van der Waals surface area contributed by atoms with Crippen LogP contribution in [0, 0.1) is 5.92 Å². The molecule has 0 aromatic carbocycles. The van der Waals surface area contributed by atoms with Gasteiger partial charge in [0.1, 0.15) is 0 Å². The maximum absolute atomic E-state index is 5.09. The summed E-state index contributed by atoms with van der Waals surface area (Å²) in [7, 11) is 1.74. The molecule has 0 unspecified atom stereocenters. The van der Waals surface area contributed by atoms with E-state index in [9.17, 15) is 0 Å². The van der Waals surface area contributed by atoms with Crippen LogP contribution in [0.4, 0.5) is 5.13 Å². The number of aryl methyl sites for hydroxylation is 1. The van der Waals surface area contributed by atoms with E-state index in [4.69, 9.17) is 9.72 Å². The Balaban J connectivity index is 1.99. The lowest BCUT2D eigenvalue weighted by Crippen LogP contribution is -2.24. The van der Waals surface area contributed by atoms with Crippen molar-refractivity contribution in [3.05, 3.63) is 10.6 Å². The molecule has 0 spiro atoms. The maximum atomic E-state index is 5.09. The van der Waals surface area contributed by atoms with Gasteiger partial charge in [0.05, 0.1) is 12.3 Å². The molecule has 4 nitrogen and oxygen atoms in total. The van der Waals surface area contributed by atoms with Crippen LogP contribution in [-0.2, 0) is 17.7 Å². The second kappa shape index (κ2) is 8.71. The minimum atomic E-state index is 0.761. The highest BCUT2D eigenvalue weighted by Crippen LogP contribution is 2.33. The molecule has 0 radical (unpaired) electrons. The third-order valence-electron chi connectivity index (χ3n) is 3.85. The summed E-state index contributed by atoms with van der Waals surface area (Å²) in [4.78, 5) is 8.78. The fraction of sp³-hybridized carbons (Fsp3) is 0.812. The average molecular weight is 311 g/mol. The molecule has 1 aliphatic rings. The number of aromatic nitrogens is 1. The first-order chi connectivity index (χ1) is 10.3. The summed E-state index contributed by atoms with van der Waals surface area (Å²) in [5, 5.41) is 4.67. The van der Waals surface area contributed by atoms with Gasteiger partial charge in [-0.05, 0) is 32.1 Å². The summed E-state index contributed by atoms with van der Waals surface area (Å²) in [6.45, 7) is 9.28. The molecule has 5 heteroatoms. The van der Waals surface area contributed by atoms with Gasteiger partial charge in [0.2, 0.25) is 0 Å². The molecule has 0 aliphatic heterocycles. The van der Waals surface area contributed by atoms with Crippen molar-refractivity contribution < 1.29 is 4.74 Å². The lowest BCUT2D eigenvalue weighted by molar-refractivity contribution is 0.199. The highest BCUT2D eigenvalue weighted by Gasteiger charge is 2.25. The van der Waals surface area contributed by atoms with E-state index in [2.05, 4.69) is 24.1 Å². The van der Waals surface area contributed by atoms with E-state index in [0.29, 0.717) is 0 Å². The molecule has 1 N–H and O–H groups in total. The van der Waals surface area contributed by atoms with Crippen LogP contribution in [0.15, 0.2) is 0 Å². The molecule has 1 aromatic rings. The Kier molecular flexibility index (Phi) is 6.93. The Morgan fingerprint density at radius 2 is 2.19 bits per heavy atom. The van der Waals surface area contributed by atoms with Gasteiger partial charge in [0, 0.05) is 38.2 Å². The smallest absolute Gasteiger partial charge is 0.185 e. The van der Waals surface area contributed by atoms with Gasteiger partial charge >= 0.3 is 0 Å². The zero-order valence-corrected chi connectivity index (χ0v) is 14.5. The molecule has 1 saturated carbocycles. The van der Waals surface area contributed by atoms with Crippen molar-refractivity contribution in [3.8, 4) is 0 Å². The van der Waals surface area contributed by atoms with E-state index in [-0.39, 0.29) is 0 Å². The largest absolute Gasteiger partial charge is 0.383 e. The van der Waals surface area contributed by atoms with Gasteiger partial charge in [-0.3, -0.25) is 0 Å². The fourth-order valence-corrected chi connectivity index (χ4v) is 3.55. The number of rotatable bonds is 11. The lowest BCUT2D eigenvalue weighted by atomic mass is 10.2. The summed E-state index contributed by atoms with van der Waals surface area (Å²) in [6, 6.07) is 0. The predicted octanol–water partition coefficient (Wildman–Crippen LogP) is 3.07. The molecule has 120 valence electrons. The molecule has 1 heterocycles. The lowest BCUT2D eigenvalue weighted by Gasteiger charge is -2.19. The monoisotopic (exact) mass is 311 g/mol. The van der Waals surface area contributed by atoms with Crippen molar-refractivity contribution >= 4 is 16.5 Å². The second-order valence-corrected chi connectivity index (χ2v) is 6.83. The first-order valence-corrected chi connectivity index (χ1v) is 9.03. The van der Waals surface area contributed by atoms with Crippen molar-refractivity contribution in [2.24, 2.45) is 5.92 Å². The van der Waals surface area contributed by atoms with E-state index in [1.54, 1.807) is 7.11 Å². The minimum absolute atomic E-state index is 0.761. The Morgan fingerprint density at radius 1 is 1.38 bits per heavy atom. The Morgan fingerprint density at radius 3 is 2.81 bits per heavy atom. The Labute approximate surface area is 132 Å². The van der Waals surface area contributed by atoms with Crippen LogP contribution in [0.25, 0.3) is 0 Å². The first-order valence-electron chi connectivity index (χ1n) is 8.21. The minimum Gasteiger partial charge on any atom is -0.383 e. The Hall–Kier alpha value is -0.650. The molecule has 1 fully saturated rings. The number of nitrogens with zero attached hydrogens (tertiary/aromatic N) is 2. The van der Waals surface area contributed by atoms with Crippen molar-refractivity contribution in [1.82, 2.24) is 10.3 Å². The quantitative estimate of drug-likeness (QED) is 0.637. The number of methoxy groups -OCH3 is 1. The average Bonchev–Trinajstić information content (AvgIpc) is 3.23. The van der Waals surface area contributed by atoms with Crippen LogP contribution in [0.1, 0.15) is 43.7 Å². The summed E-state index contributed by atoms with van der Waals surface area (Å²) in [5.74, 6) is 0.909. The number of hydrogen-bond acceptors (Lipinski definition) is 5. The topological polar surface area (TPSA) is 37.4 Å². The van der Waals surface area contributed by atoms with Crippen molar-refractivity contribution in [1.29, 1.82) is 0 Å². The molecule has 0 saturated heterocycles. The highest BCUT2D eigenvalue weighted by molar-refractivity contribution is 7.15. The van der Waals surface area contributed by atoms with Crippen LogP contribution >= 0.6 is 11.3 Å². The summed E-state index contributed by atoms with van der Waals surface area (Å²) < 4.78 is 5.09. The fourth-order valence-electron chi connectivity index (χ4n) is 2.41. The van der Waals surface area contributed by atoms with Gasteiger partial charge in [-0.15, -0.1) is 11.3 Å². The van der Waals surface area contributed by atoms with Gasteiger partial charge in [0.25, 0.3) is 0 Å². The summed E-state index contributed by atoms with van der Waals surface area (Å²) in [5.41, 5.74) is 1.29. The van der Waals surface area contributed by atoms with Gasteiger partial charge in [0.15, 0.2) is 5.13 Å². The summed E-state index contributed by atoms with van der Waals surface area (Å²) >= 11 is 1.87. The van der Waals surface area contributed by atoms with Crippen LogP contribution in [0.3, 0.4) is 0 Å². The molecular formula is C16H29N3OS. The van der Waals surface area contributed by atoms with E-state index in [1.165, 1.54) is 35.1 Å². The second-order valence-electron chi connectivity index (χ2n) is 5.77. The van der Waals surface area contributed by atoms with Crippen LogP contribution in [0.5, 0.6) is 0 Å². The van der Waals surface area contributed by atoms with E-state index in [0.717, 1.165) is 45.0 Å². The van der Waals surface area contributed by atoms with Gasteiger partial charge < -0.3 is 15.0 Å². The zero-order valence-electron chi connectivity index (χ0n) is 13.7. The number of hydrogen-bond donors (Lipinski definition) is 1. The number of ether oxygens (including phenoxy) is 1. The van der Waals surface area contributed by atoms with E-state index < -0.39 is 0 Å². The van der Waals surface area contributed by atoms with Crippen molar-refractivity contribution in [2.75, 3.05) is 38.3 Å². The van der Waals surface area contributed by atoms with Gasteiger partial charge in [-0.1, -0.05) is 13.3 Å². The third-order valence-corrected chi connectivity index (χ3v) is 5.01. The van der Waals surface area contributed by atoms with Crippen LogP contribution in [-0.4, -0.2) is 38.3 Å². The van der Waals surface area contributed by atoms with Gasteiger partial charge in [-0.2, -0.15) is 0 Å². The number of thiazole rings is 1. The van der Waals surface area contributed by atoms with Crippen molar-refractivity contribution in [2.45, 2.75) is 46.1 Å². The molecule has 0 atom stereocenters. The van der Waals surface area contributed by atoms with E-state index >= 15 is 0 Å². The maximum Gasteiger partial charge on any atom is 0.185 e. The third kappa shape index (κ3) is 5.24. The van der Waals surface area contributed by atoms with E-state index in [1.807, 2.05) is 11.3 Å². The molecule has 0 bridgehead atoms. The molecule has 1 aliphatic carbocycles. The summed E-state index contributed by atoms with van der Waals surface area (Å²) in [6.07, 6.45) is 5.03. The predicted molar refractivity (Wildman–Crippen MR) is 90.3 cm³/mol. The normalized spacial score (nSPS) is 14.6. The van der Waals surface area contributed by atoms with Crippen LogP contribution in [0.2, 0.25) is 0 Å². The standard InChI is InChI=1S/C16H29N3OS/c1-4-6-14-15(11-17-9-10-20-3)21-16(18-14)19(5-2)12-13-7-8-13/h13,17H,4-12H2,1-3H3. The van der Waals surface area contributed by atoms with Crippen LogP contribution < -0.4 is 10.2 Å². The van der Waals surface area contributed by atoms with Gasteiger partial charge in [-0.25, -0.2) is 4.98 Å². The van der Waals surface area contributed by atoms with Crippen molar-refractivity contribution in [3.63, 3.8) is 0 Å². The molecule has 1 aromatic heterocycles. The number of nitrogens with one attached hydrogen (secondary N) is 1. The number of anilines is 1. The SMILES string of the molecule is CCCc1nc(N(CC)CC2CC2)sc1CNCCOC. The Bertz CT molecular complexity index is 418.